The molecule has 0 radical (unpaired) electrons. The molecule has 0 atom stereocenters. The number of pyridine rings is 1. The van der Waals surface area contributed by atoms with Crippen molar-refractivity contribution in [1.29, 1.82) is 0 Å². The molecule has 1 aromatic heterocycles. The fourth-order valence-electron chi connectivity index (χ4n) is 2.55. The molecule has 0 N–H and O–H groups in total. The molecule has 0 aliphatic carbocycles. The van der Waals surface area contributed by atoms with E-state index in [1.54, 1.807) is 30.3 Å². The zero-order valence-electron chi connectivity index (χ0n) is 13.9. The highest BCUT2D eigenvalue weighted by molar-refractivity contribution is 14.1. The van der Waals surface area contributed by atoms with Gasteiger partial charge in [0.15, 0.2) is 0 Å². The summed E-state index contributed by atoms with van der Waals surface area (Å²) in [7, 11) is -2.87. The number of methoxy groups -OCH3 is 1. The topological polar surface area (TPSA) is 82.4 Å². The van der Waals surface area contributed by atoms with E-state index in [-0.39, 0.29) is 21.4 Å². The number of rotatable bonds is 3. The maximum absolute atomic E-state index is 13.1. The molecule has 0 fully saturated rings. The van der Waals surface area contributed by atoms with E-state index in [2.05, 4.69) is 4.74 Å². The number of hydrogen-bond donors (Lipinski definition) is 0. The van der Waals surface area contributed by atoms with Gasteiger partial charge in [-0.15, -0.1) is 0 Å². The van der Waals surface area contributed by atoms with Gasteiger partial charge in [-0.05, 0) is 59.8 Å². The van der Waals surface area contributed by atoms with Crippen molar-refractivity contribution >= 4 is 49.5 Å². The normalized spacial score (nSPS) is 11.5. The molecule has 1 heterocycles. The highest BCUT2D eigenvalue weighted by Crippen LogP contribution is 2.22. The smallest absolute Gasteiger partial charge is 0.343 e. The molecule has 26 heavy (non-hydrogen) atoms. The maximum Gasteiger partial charge on any atom is 0.343 e. The SMILES string of the molecule is COC(=O)c1cn(S(=O)(=O)c2ccc(C)cc2)c2ccc(I)cc2c1=O. The molecular weight excluding hydrogens is 469 g/mol. The molecule has 0 saturated carbocycles. The van der Waals surface area contributed by atoms with Crippen LogP contribution in [0.1, 0.15) is 15.9 Å². The quantitative estimate of drug-likeness (QED) is 0.423. The first-order valence-corrected chi connectivity index (χ1v) is 10.0. The van der Waals surface area contributed by atoms with Gasteiger partial charge >= 0.3 is 5.97 Å². The Bertz CT molecular complexity index is 1180. The van der Waals surface area contributed by atoms with Gasteiger partial charge in [-0.1, -0.05) is 17.7 Å². The van der Waals surface area contributed by atoms with E-state index in [0.717, 1.165) is 26.4 Å². The van der Waals surface area contributed by atoms with E-state index in [1.165, 1.54) is 12.1 Å². The van der Waals surface area contributed by atoms with Crippen LogP contribution in [0, 0.1) is 10.5 Å². The lowest BCUT2D eigenvalue weighted by Gasteiger charge is -2.14. The molecule has 8 heteroatoms. The standard InChI is InChI=1S/C18H14INO5S/c1-11-3-6-13(7-4-11)26(23,24)20-10-15(18(22)25-2)17(21)14-9-12(19)5-8-16(14)20/h3-10H,1-2H3. The minimum absolute atomic E-state index is 0.0578. The average Bonchev–Trinajstić information content (AvgIpc) is 2.62. The largest absolute Gasteiger partial charge is 0.465 e. The summed E-state index contributed by atoms with van der Waals surface area (Å²) >= 11 is 2.02. The Morgan fingerprint density at radius 3 is 2.38 bits per heavy atom. The van der Waals surface area contributed by atoms with Crippen molar-refractivity contribution in [3.8, 4) is 0 Å². The highest BCUT2D eigenvalue weighted by Gasteiger charge is 2.23. The van der Waals surface area contributed by atoms with Gasteiger partial charge in [0, 0.05) is 15.2 Å². The Kier molecular flexibility index (Phi) is 4.89. The van der Waals surface area contributed by atoms with Gasteiger partial charge in [0.05, 0.1) is 17.5 Å². The number of aromatic nitrogens is 1. The van der Waals surface area contributed by atoms with Gasteiger partial charge in [-0.3, -0.25) is 4.79 Å². The molecule has 6 nitrogen and oxygen atoms in total. The third-order valence-electron chi connectivity index (χ3n) is 3.91. The van der Waals surface area contributed by atoms with E-state index in [9.17, 15) is 18.0 Å². The molecule has 0 aliphatic heterocycles. The molecule has 2 aromatic carbocycles. The van der Waals surface area contributed by atoms with Crippen LogP contribution in [0.3, 0.4) is 0 Å². The van der Waals surface area contributed by atoms with Gasteiger partial charge in [0.1, 0.15) is 5.56 Å². The second-order valence-corrected chi connectivity index (χ2v) is 8.70. The van der Waals surface area contributed by atoms with E-state index in [1.807, 2.05) is 29.5 Å². The number of fused-ring (bicyclic) bond motifs is 1. The molecule has 0 spiro atoms. The molecule has 0 aliphatic rings. The zero-order valence-corrected chi connectivity index (χ0v) is 16.9. The van der Waals surface area contributed by atoms with Gasteiger partial charge < -0.3 is 4.74 Å². The number of aryl methyl sites for hydroxylation is 1. The Morgan fingerprint density at radius 1 is 1.12 bits per heavy atom. The Hall–Kier alpha value is -2.20. The Morgan fingerprint density at radius 2 is 1.77 bits per heavy atom. The number of carbonyl (C=O) groups is 1. The summed E-state index contributed by atoms with van der Waals surface area (Å²) in [6, 6.07) is 11.1. The zero-order chi connectivity index (χ0) is 19.1. The second-order valence-electron chi connectivity index (χ2n) is 5.64. The fourth-order valence-corrected chi connectivity index (χ4v) is 4.41. The monoisotopic (exact) mass is 483 g/mol. The van der Waals surface area contributed by atoms with E-state index in [0.29, 0.717) is 0 Å². The molecule has 3 rings (SSSR count). The summed E-state index contributed by atoms with van der Waals surface area (Å²) in [6.07, 6.45) is 1.03. The predicted molar refractivity (Wildman–Crippen MR) is 106 cm³/mol. The number of ether oxygens (including phenoxy) is 1. The lowest BCUT2D eigenvalue weighted by molar-refractivity contribution is 0.0599. The summed E-state index contributed by atoms with van der Waals surface area (Å²) in [5, 5.41) is 0.135. The van der Waals surface area contributed by atoms with Crippen LogP contribution >= 0.6 is 22.6 Å². The molecular formula is C18H14INO5S. The molecule has 134 valence electrons. The molecule has 0 unspecified atom stereocenters. The summed E-state index contributed by atoms with van der Waals surface area (Å²) in [5.74, 6) is -0.886. The third kappa shape index (κ3) is 3.14. The van der Waals surface area contributed by atoms with E-state index in [4.69, 9.17) is 0 Å². The van der Waals surface area contributed by atoms with Crippen molar-refractivity contribution in [2.45, 2.75) is 11.8 Å². The van der Waals surface area contributed by atoms with E-state index >= 15 is 0 Å². The van der Waals surface area contributed by atoms with Gasteiger partial charge in [0.2, 0.25) is 5.43 Å². The van der Waals surface area contributed by atoms with Crippen LogP contribution in [0.4, 0.5) is 0 Å². The number of esters is 1. The third-order valence-corrected chi connectivity index (χ3v) is 6.27. The predicted octanol–water partition coefficient (Wildman–Crippen LogP) is 2.94. The Labute approximate surface area is 163 Å². The highest BCUT2D eigenvalue weighted by atomic mass is 127. The average molecular weight is 483 g/mol. The van der Waals surface area contributed by atoms with Crippen LogP contribution in [0.15, 0.2) is 58.4 Å². The minimum Gasteiger partial charge on any atom is -0.465 e. The van der Waals surface area contributed by atoms with Crippen molar-refractivity contribution in [2.24, 2.45) is 0 Å². The van der Waals surface area contributed by atoms with Gasteiger partial charge in [-0.25, -0.2) is 17.2 Å². The number of carbonyl (C=O) groups excluding carboxylic acids is 1. The van der Waals surface area contributed by atoms with Gasteiger partial charge in [-0.2, -0.15) is 0 Å². The van der Waals surface area contributed by atoms with Crippen LogP contribution in [0.2, 0.25) is 0 Å². The summed E-state index contributed by atoms with van der Waals surface area (Å²) in [6.45, 7) is 1.85. The van der Waals surface area contributed by atoms with Crippen molar-refractivity contribution in [3.05, 3.63) is 73.6 Å². The van der Waals surface area contributed by atoms with Crippen LogP contribution in [0.5, 0.6) is 0 Å². The number of halogens is 1. The number of nitrogens with zero attached hydrogens (tertiary/aromatic N) is 1. The van der Waals surface area contributed by atoms with Gasteiger partial charge in [0.25, 0.3) is 10.0 Å². The van der Waals surface area contributed by atoms with Crippen molar-refractivity contribution in [1.82, 2.24) is 3.97 Å². The van der Waals surface area contributed by atoms with E-state index < -0.39 is 21.4 Å². The fraction of sp³-hybridized carbons (Fsp3) is 0.111. The lowest BCUT2D eigenvalue weighted by atomic mass is 10.1. The summed E-state index contributed by atoms with van der Waals surface area (Å²) in [5.41, 5.74) is 0.209. The molecule has 0 bridgehead atoms. The van der Waals surface area contributed by atoms with Crippen molar-refractivity contribution in [3.63, 3.8) is 0 Å². The minimum atomic E-state index is -4.01. The first-order valence-electron chi connectivity index (χ1n) is 7.51. The molecule has 3 aromatic rings. The first kappa shape index (κ1) is 18.6. The lowest BCUT2D eigenvalue weighted by Crippen LogP contribution is -2.23. The van der Waals surface area contributed by atoms with Crippen molar-refractivity contribution < 1.29 is 17.9 Å². The van der Waals surface area contributed by atoms with Crippen molar-refractivity contribution in [2.75, 3.05) is 7.11 Å². The van der Waals surface area contributed by atoms with Crippen LogP contribution < -0.4 is 5.43 Å². The molecule has 0 saturated heterocycles. The molecule has 0 amide bonds. The summed E-state index contributed by atoms with van der Waals surface area (Å²) in [4.78, 5) is 24.7. The second kappa shape index (κ2) is 6.84. The summed E-state index contributed by atoms with van der Waals surface area (Å²) < 4.78 is 32.6. The first-order chi connectivity index (χ1) is 12.3. The van der Waals surface area contributed by atoms with Crippen LogP contribution in [-0.4, -0.2) is 25.5 Å². The Balaban J connectivity index is 2.41. The maximum atomic E-state index is 13.1. The number of benzene rings is 2. The number of hydrogen-bond acceptors (Lipinski definition) is 5. The van der Waals surface area contributed by atoms with Crippen LogP contribution in [0.25, 0.3) is 10.9 Å². The van der Waals surface area contributed by atoms with Crippen LogP contribution in [-0.2, 0) is 14.8 Å².